The third-order valence-electron chi connectivity index (χ3n) is 22.8. The lowest BCUT2D eigenvalue weighted by molar-refractivity contribution is -0.148. The molecule has 582 valence electrons. The van der Waals surface area contributed by atoms with Crippen LogP contribution in [0.3, 0.4) is 0 Å². The maximum atomic E-state index is 14.9. The zero-order chi connectivity index (χ0) is 76.6. The van der Waals surface area contributed by atoms with Crippen LogP contribution in [0, 0.1) is 34.5 Å². The number of Topliss-reactive ketones (excluding diaryl/α,β-unsaturated/α-hetero) is 1. The summed E-state index contributed by atoms with van der Waals surface area (Å²) >= 11 is 0. The highest BCUT2D eigenvalue weighted by molar-refractivity contribution is 6.40. The van der Waals surface area contributed by atoms with Gasteiger partial charge in [-0.3, -0.25) is 62.3 Å². The van der Waals surface area contributed by atoms with Gasteiger partial charge in [0.05, 0.1) is 12.1 Å². The fourth-order valence-electron chi connectivity index (χ4n) is 16.7. The lowest BCUT2D eigenvalue weighted by Crippen LogP contribution is -2.63. The molecule has 2 saturated heterocycles. The van der Waals surface area contributed by atoms with Crippen LogP contribution in [-0.4, -0.2) is 170 Å². The van der Waals surface area contributed by atoms with E-state index in [1.54, 1.807) is 70.5 Å². The highest BCUT2D eigenvalue weighted by atomic mass is 16.3. The fraction of sp³-hybridized carbons (Fsp3) is 0.688. The van der Waals surface area contributed by atoms with E-state index in [0.717, 1.165) is 109 Å². The second-order valence-electron chi connectivity index (χ2n) is 33.3. The minimum Gasteiger partial charge on any atom is -0.381 e. The van der Waals surface area contributed by atoms with E-state index in [4.69, 9.17) is 0 Å². The standard InChI is InChI=1S/C40H60N6O7.C40H58N6O7/c2*1-5-14-28(32(47)36(50)41-27-21-22-27)43-34(48)30-23-25-17-12-13-20-29(25)46(30)39(53)33(40(2,3)4)45-35(49)31(24-15-8-6-9-16-24)44-38(52)37(51)42-26-18-10-7-11-19-26/h7,10-11,18-19,24-25,27-33,47H,5-6,8-9,12-17,20-23H2,1-4H3,(H,41,50)(H,42,51)(H,43,48)(H,44,52)(H,45,49);7,10-11,18-19,24-25,27-31,33H,5-6,8-9,12-17,20-23H2,1-4H3,(H,41,50)(H,42,51)(H,43,48)(H,44,52)(H,45,49)/t25?,28-,29?,30-,31-,32?,33+;25?,28-,29?,30-,31-,33+/m00/s1. The number of amides is 12. The zero-order valence-corrected chi connectivity index (χ0v) is 63.5. The first kappa shape index (κ1) is 81.8. The van der Waals surface area contributed by atoms with Crippen LogP contribution in [-0.2, 0) is 62.3 Å². The van der Waals surface area contributed by atoms with E-state index in [9.17, 15) is 67.4 Å². The van der Waals surface area contributed by atoms with E-state index in [1.807, 2.05) is 55.4 Å². The zero-order valence-electron chi connectivity index (χ0n) is 63.5. The number of anilines is 2. The predicted octanol–water partition coefficient (Wildman–Crippen LogP) is 6.82. The largest absolute Gasteiger partial charge is 0.381 e. The van der Waals surface area contributed by atoms with Crippen LogP contribution in [0.2, 0.25) is 0 Å². The Bertz CT molecular complexity index is 3430. The second kappa shape index (κ2) is 37.5. The van der Waals surface area contributed by atoms with Crippen molar-refractivity contribution < 1.29 is 67.4 Å². The van der Waals surface area contributed by atoms with E-state index in [2.05, 4.69) is 53.2 Å². The summed E-state index contributed by atoms with van der Waals surface area (Å²) in [7, 11) is 0. The molecule has 8 fully saturated rings. The molecule has 12 amide bonds. The molecule has 0 spiro atoms. The molecule has 13 atom stereocenters. The first-order valence-corrected chi connectivity index (χ1v) is 39.6. The summed E-state index contributed by atoms with van der Waals surface area (Å²) in [4.78, 5) is 181. The van der Waals surface area contributed by atoms with Gasteiger partial charge in [0.2, 0.25) is 41.2 Å². The van der Waals surface area contributed by atoms with Crippen molar-refractivity contribution in [2.45, 2.75) is 314 Å². The van der Waals surface area contributed by atoms with E-state index in [1.165, 1.54) is 0 Å². The molecule has 2 aromatic rings. The average Bonchev–Trinajstić information content (AvgIpc) is 1.61. The normalized spacial score (nSPS) is 23.7. The van der Waals surface area contributed by atoms with E-state index >= 15 is 0 Å². The average molecular weight is 1470 g/mol. The summed E-state index contributed by atoms with van der Waals surface area (Å²) < 4.78 is 0. The van der Waals surface area contributed by atoms with Gasteiger partial charge in [0.15, 0.2) is 6.10 Å². The number of fused-ring (bicyclic) bond motifs is 2. The predicted molar refractivity (Wildman–Crippen MR) is 399 cm³/mol. The molecule has 0 radical (unpaired) electrons. The molecular formula is C80H118N12O14. The van der Waals surface area contributed by atoms with Crippen molar-refractivity contribution in [3.63, 3.8) is 0 Å². The van der Waals surface area contributed by atoms with Crippen LogP contribution in [0.25, 0.3) is 0 Å². The van der Waals surface area contributed by atoms with E-state index < -0.39 is 136 Å². The van der Waals surface area contributed by atoms with Gasteiger partial charge in [-0.15, -0.1) is 0 Å². The summed E-state index contributed by atoms with van der Waals surface area (Å²) in [5.41, 5.74) is -0.684. The number of carbonyl (C=O) groups is 13. The molecule has 6 aliphatic carbocycles. The Morgan fingerprint density at radius 1 is 0.425 bits per heavy atom. The molecule has 26 nitrogen and oxygen atoms in total. The summed E-state index contributed by atoms with van der Waals surface area (Å²) in [6.45, 7) is 14.9. The van der Waals surface area contributed by atoms with Crippen molar-refractivity contribution in [3.8, 4) is 0 Å². The molecule has 0 bridgehead atoms. The van der Waals surface area contributed by atoms with Gasteiger partial charge in [0.25, 0.3) is 11.8 Å². The number of likely N-dealkylation sites (tertiary alicyclic amines) is 2. The Labute approximate surface area is 624 Å². The van der Waals surface area contributed by atoms with Gasteiger partial charge in [0, 0.05) is 35.5 Å². The maximum Gasteiger partial charge on any atom is 0.313 e. The number of carbonyl (C=O) groups excluding carboxylic acids is 13. The number of hydrogen-bond acceptors (Lipinski definition) is 14. The maximum absolute atomic E-state index is 14.9. The quantitative estimate of drug-likeness (QED) is 0.0431. The Balaban J connectivity index is 0.000000245. The summed E-state index contributed by atoms with van der Waals surface area (Å²) in [5.74, 6) is -8.60. The third-order valence-corrected chi connectivity index (χ3v) is 22.8. The minimum absolute atomic E-state index is 0.00230. The number of nitrogens with one attached hydrogen (secondary N) is 10. The van der Waals surface area contributed by atoms with Crippen LogP contribution in [0.5, 0.6) is 0 Å². The van der Waals surface area contributed by atoms with Gasteiger partial charge >= 0.3 is 23.6 Å². The molecule has 5 unspecified atom stereocenters. The summed E-state index contributed by atoms with van der Waals surface area (Å²) in [6.07, 6.45) is 19.9. The number of aliphatic hydroxyl groups is 1. The molecule has 0 aromatic heterocycles. The molecule has 11 N–H and O–H groups in total. The van der Waals surface area contributed by atoms with Crippen molar-refractivity contribution in [2.75, 3.05) is 10.6 Å². The SMILES string of the molecule is CCC[C@H](NC(=O)[C@@H]1CC2CCCCC2N1C(=O)[C@@H](NC(=O)[C@@H](NC(=O)C(=O)Nc1ccccc1)C1CCCCC1)C(C)(C)C)C(=O)C(=O)NC1CC1.CCC[C@H](NC(=O)[C@@H]1CC2CCCCC2N1C(=O)[C@@H](NC(=O)[C@@H](NC(=O)C(=O)Nc1ccccc1)C1CCCCC1)C(C)(C)C)C(O)C(=O)NC1CC1. The highest BCUT2D eigenvalue weighted by Gasteiger charge is 2.54. The molecule has 2 aromatic carbocycles. The monoisotopic (exact) mass is 1470 g/mol. The molecule has 10 rings (SSSR count). The Hall–Kier alpha value is -8.29. The smallest absolute Gasteiger partial charge is 0.313 e. The van der Waals surface area contributed by atoms with Gasteiger partial charge in [0.1, 0.15) is 36.3 Å². The molecular weight excluding hydrogens is 1350 g/mol. The number of ketones is 1. The third kappa shape index (κ3) is 22.0. The molecule has 2 aliphatic heterocycles. The second-order valence-corrected chi connectivity index (χ2v) is 33.3. The van der Waals surface area contributed by atoms with E-state index in [0.29, 0.717) is 75.6 Å². The number of hydrogen-bond donors (Lipinski definition) is 11. The topological polar surface area (TPSA) is 369 Å². The number of nitrogens with zero attached hydrogens (tertiary/aromatic N) is 2. The van der Waals surface area contributed by atoms with Gasteiger partial charge in [-0.1, -0.05) is 169 Å². The van der Waals surface area contributed by atoms with Crippen molar-refractivity contribution >= 4 is 88.0 Å². The van der Waals surface area contributed by atoms with Crippen molar-refractivity contribution in [1.82, 2.24) is 52.3 Å². The summed E-state index contributed by atoms with van der Waals surface area (Å²) in [6, 6.07) is 9.05. The molecule has 6 saturated carbocycles. The molecule has 26 heteroatoms. The van der Waals surface area contributed by atoms with Crippen LogP contribution in [0.4, 0.5) is 11.4 Å². The Kier molecular flexibility index (Phi) is 28.9. The number of aliphatic hydroxyl groups excluding tert-OH is 1. The van der Waals surface area contributed by atoms with Crippen molar-refractivity contribution in [3.05, 3.63) is 60.7 Å². The first-order valence-electron chi connectivity index (χ1n) is 39.6. The van der Waals surface area contributed by atoms with Gasteiger partial charge < -0.3 is 68.1 Å². The first-order chi connectivity index (χ1) is 50.6. The van der Waals surface area contributed by atoms with Gasteiger partial charge in [-0.05, 0) is 162 Å². The van der Waals surface area contributed by atoms with E-state index in [-0.39, 0.29) is 60.2 Å². The lowest BCUT2D eigenvalue weighted by atomic mass is 9.81. The van der Waals surface area contributed by atoms with Crippen molar-refractivity contribution in [2.24, 2.45) is 34.5 Å². The van der Waals surface area contributed by atoms with Gasteiger partial charge in [-0.2, -0.15) is 0 Å². The number of benzene rings is 2. The number of rotatable bonds is 26. The Morgan fingerprint density at radius 3 is 1.21 bits per heavy atom. The molecule has 106 heavy (non-hydrogen) atoms. The van der Waals surface area contributed by atoms with Crippen LogP contribution < -0.4 is 53.2 Å². The van der Waals surface area contributed by atoms with Gasteiger partial charge in [-0.25, -0.2) is 0 Å². The summed E-state index contributed by atoms with van der Waals surface area (Å²) in [5, 5.41) is 38.8. The van der Waals surface area contributed by atoms with Crippen molar-refractivity contribution in [1.29, 1.82) is 0 Å². The highest BCUT2D eigenvalue weighted by Crippen LogP contribution is 2.44. The fourth-order valence-corrected chi connectivity index (χ4v) is 16.7. The lowest BCUT2D eigenvalue weighted by Gasteiger charge is -2.40. The minimum atomic E-state index is -1.42. The molecule has 2 heterocycles. The molecule has 8 aliphatic rings. The van der Waals surface area contributed by atoms with Crippen LogP contribution in [0.15, 0.2) is 60.7 Å². The van der Waals surface area contributed by atoms with Crippen LogP contribution >= 0.6 is 0 Å². The number of para-hydroxylation sites is 2. The van der Waals surface area contributed by atoms with Crippen LogP contribution in [0.1, 0.15) is 235 Å². The Morgan fingerprint density at radius 2 is 0.811 bits per heavy atom.